The lowest BCUT2D eigenvalue weighted by atomic mass is 10.3. The summed E-state index contributed by atoms with van der Waals surface area (Å²) in [6, 6.07) is 0. The van der Waals surface area contributed by atoms with Crippen LogP contribution in [0.3, 0.4) is 0 Å². The molecule has 0 unspecified atom stereocenters. The Hall–Kier alpha value is -0.870. The van der Waals surface area contributed by atoms with E-state index < -0.39 is 5.97 Å². The molecule has 0 rings (SSSR count). The number of aliphatic carboxylic acids is 1. The Morgan fingerprint density at radius 3 is 2.70 bits per heavy atom. The third-order valence-electron chi connectivity index (χ3n) is 0.841. The van der Waals surface area contributed by atoms with Gasteiger partial charge in [-0.3, -0.25) is 0 Å². The molecule has 0 saturated heterocycles. The molecule has 0 aromatic heterocycles. The molecule has 0 aromatic carbocycles. The largest absolute Gasteiger partial charge is 0.478 e. The van der Waals surface area contributed by atoms with Crippen LogP contribution in [0.5, 0.6) is 0 Å². The maximum atomic E-state index is 10.1. The molecule has 0 aliphatic rings. The van der Waals surface area contributed by atoms with E-state index in [4.69, 9.17) is 15.6 Å². The van der Waals surface area contributed by atoms with E-state index in [1.54, 1.807) is 0 Å². The molecule has 0 aliphatic heterocycles. The van der Waals surface area contributed by atoms with Crippen LogP contribution in [0.25, 0.3) is 0 Å². The van der Waals surface area contributed by atoms with Crippen molar-refractivity contribution in [1.29, 1.82) is 0 Å². The highest BCUT2D eigenvalue weighted by Crippen LogP contribution is 1.89. The molecule has 0 spiro atoms. The van der Waals surface area contributed by atoms with Gasteiger partial charge in [0.15, 0.2) is 0 Å². The van der Waals surface area contributed by atoms with Crippen molar-refractivity contribution in [1.82, 2.24) is 0 Å². The summed E-state index contributed by atoms with van der Waals surface area (Å²) in [7, 11) is 0. The van der Waals surface area contributed by atoms with Gasteiger partial charge < -0.3 is 15.6 Å². The van der Waals surface area contributed by atoms with Crippen LogP contribution in [0.15, 0.2) is 12.2 Å². The van der Waals surface area contributed by atoms with Crippen LogP contribution in [0.2, 0.25) is 0 Å². The van der Waals surface area contributed by atoms with Crippen LogP contribution in [-0.2, 0) is 9.53 Å². The van der Waals surface area contributed by atoms with Crippen LogP contribution in [-0.4, -0.2) is 30.8 Å². The molecular formula is C6H11NO3. The average molecular weight is 145 g/mol. The predicted octanol–water partition coefficient (Wildman–Crippen LogP) is -0.398. The van der Waals surface area contributed by atoms with Crippen LogP contribution >= 0.6 is 0 Å². The summed E-state index contributed by atoms with van der Waals surface area (Å²) in [4.78, 5) is 10.1. The van der Waals surface area contributed by atoms with Gasteiger partial charge in [-0.05, 0) is 0 Å². The molecule has 0 aromatic rings. The molecule has 0 saturated carbocycles. The first-order valence-electron chi connectivity index (χ1n) is 2.87. The van der Waals surface area contributed by atoms with Gasteiger partial charge >= 0.3 is 5.97 Å². The van der Waals surface area contributed by atoms with Gasteiger partial charge in [0.25, 0.3) is 0 Å². The Balaban J connectivity index is 3.31. The minimum Gasteiger partial charge on any atom is -0.478 e. The lowest BCUT2D eigenvalue weighted by Gasteiger charge is -2.00. The molecule has 0 radical (unpaired) electrons. The number of carboxylic acid groups (broad SMARTS) is 1. The van der Waals surface area contributed by atoms with Crippen molar-refractivity contribution >= 4 is 5.97 Å². The maximum Gasteiger partial charge on any atom is 0.333 e. The number of ether oxygens (including phenoxy) is 1. The number of carbonyl (C=O) groups is 1. The molecule has 58 valence electrons. The molecule has 0 atom stereocenters. The van der Waals surface area contributed by atoms with Crippen molar-refractivity contribution in [3.63, 3.8) is 0 Å². The van der Waals surface area contributed by atoms with Gasteiger partial charge in [-0.25, -0.2) is 4.79 Å². The van der Waals surface area contributed by atoms with Crippen molar-refractivity contribution in [2.24, 2.45) is 5.73 Å². The Labute approximate surface area is 59.3 Å². The van der Waals surface area contributed by atoms with E-state index in [2.05, 4.69) is 6.58 Å². The summed E-state index contributed by atoms with van der Waals surface area (Å²) in [5.74, 6) is -1.03. The minimum absolute atomic E-state index is 0.0481. The smallest absolute Gasteiger partial charge is 0.333 e. The number of carboxylic acids is 1. The second-order valence-corrected chi connectivity index (χ2v) is 1.75. The van der Waals surface area contributed by atoms with Crippen LogP contribution < -0.4 is 5.73 Å². The first kappa shape index (κ1) is 9.13. The Morgan fingerprint density at radius 2 is 2.30 bits per heavy atom. The predicted molar refractivity (Wildman–Crippen MR) is 36.6 cm³/mol. The summed E-state index contributed by atoms with van der Waals surface area (Å²) in [6.45, 7) is 4.07. The molecule has 0 heterocycles. The number of hydrogen-bond acceptors (Lipinski definition) is 3. The third-order valence-corrected chi connectivity index (χ3v) is 0.841. The normalized spacial score (nSPS) is 9.30. The van der Waals surface area contributed by atoms with Gasteiger partial charge in [-0.15, -0.1) is 0 Å². The van der Waals surface area contributed by atoms with Gasteiger partial charge in [0.1, 0.15) is 0 Å². The lowest BCUT2D eigenvalue weighted by molar-refractivity contribution is -0.133. The SMILES string of the molecule is C=C(COCCN)C(=O)O. The molecule has 0 fully saturated rings. The maximum absolute atomic E-state index is 10.1. The lowest BCUT2D eigenvalue weighted by Crippen LogP contribution is -2.12. The number of nitrogens with two attached hydrogens (primary N) is 1. The van der Waals surface area contributed by atoms with Crippen LogP contribution in [0.4, 0.5) is 0 Å². The molecule has 0 bridgehead atoms. The van der Waals surface area contributed by atoms with E-state index in [0.29, 0.717) is 13.2 Å². The summed E-state index contributed by atoms with van der Waals surface area (Å²) >= 11 is 0. The summed E-state index contributed by atoms with van der Waals surface area (Å²) < 4.78 is 4.80. The minimum atomic E-state index is -1.03. The van der Waals surface area contributed by atoms with Crippen molar-refractivity contribution in [3.05, 3.63) is 12.2 Å². The average Bonchev–Trinajstić information content (AvgIpc) is 1.88. The molecule has 4 heteroatoms. The monoisotopic (exact) mass is 145 g/mol. The highest BCUT2D eigenvalue weighted by molar-refractivity contribution is 5.85. The zero-order valence-electron chi connectivity index (χ0n) is 5.67. The molecule has 0 amide bonds. The van der Waals surface area contributed by atoms with E-state index >= 15 is 0 Å². The standard InChI is InChI=1S/C6H11NO3/c1-5(6(8)9)4-10-3-2-7/h1-4,7H2,(H,8,9). The van der Waals surface area contributed by atoms with Crippen molar-refractivity contribution < 1.29 is 14.6 Å². The Morgan fingerprint density at radius 1 is 1.70 bits per heavy atom. The third kappa shape index (κ3) is 4.05. The van der Waals surface area contributed by atoms with Gasteiger partial charge in [0.05, 0.1) is 18.8 Å². The van der Waals surface area contributed by atoms with Gasteiger partial charge in [-0.2, -0.15) is 0 Å². The van der Waals surface area contributed by atoms with Gasteiger partial charge in [-0.1, -0.05) is 6.58 Å². The van der Waals surface area contributed by atoms with Crippen molar-refractivity contribution in [2.75, 3.05) is 19.8 Å². The molecule has 10 heavy (non-hydrogen) atoms. The molecular weight excluding hydrogens is 134 g/mol. The van der Waals surface area contributed by atoms with Gasteiger partial charge in [0.2, 0.25) is 0 Å². The second-order valence-electron chi connectivity index (χ2n) is 1.75. The van der Waals surface area contributed by atoms with Crippen molar-refractivity contribution in [2.45, 2.75) is 0 Å². The fraction of sp³-hybridized carbons (Fsp3) is 0.500. The van der Waals surface area contributed by atoms with E-state index in [0.717, 1.165) is 0 Å². The van der Waals surface area contributed by atoms with E-state index in [1.807, 2.05) is 0 Å². The molecule has 4 nitrogen and oxygen atoms in total. The fourth-order valence-corrected chi connectivity index (χ4v) is 0.340. The van der Waals surface area contributed by atoms with E-state index in [9.17, 15) is 4.79 Å². The molecule has 0 aliphatic carbocycles. The summed E-state index contributed by atoms with van der Waals surface area (Å²) in [5, 5.41) is 8.27. The topological polar surface area (TPSA) is 72.5 Å². The quantitative estimate of drug-likeness (QED) is 0.408. The van der Waals surface area contributed by atoms with Gasteiger partial charge in [0, 0.05) is 6.54 Å². The summed E-state index contributed by atoms with van der Waals surface area (Å²) in [6.07, 6.45) is 0. The highest BCUT2D eigenvalue weighted by Gasteiger charge is 2.01. The Kier molecular flexibility index (Phi) is 4.53. The fourth-order valence-electron chi connectivity index (χ4n) is 0.340. The van der Waals surface area contributed by atoms with Crippen molar-refractivity contribution in [3.8, 4) is 0 Å². The first-order valence-corrected chi connectivity index (χ1v) is 2.87. The Bertz CT molecular complexity index is 133. The molecule has 3 N–H and O–H groups in total. The number of hydrogen-bond donors (Lipinski definition) is 2. The zero-order chi connectivity index (χ0) is 7.98. The van der Waals surface area contributed by atoms with Crippen LogP contribution in [0, 0.1) is 0 Å². The number of rotatable bonds is 5. The highest BCUT2D eigenvalue weighted by atomic mass is 16.5. The van der Waals surface area contributed by atoms with Crippen LogP contribution in [0.1, 0.15) is 0 Å². The van der Waals surface area contributed by atoms with E-state index in [1.165, 1.54) is 0 Å². The second kappa shape index (κ2) is 4.96. The van der Waals surface area contributed by atoms with E-state index in [-0.39, 0.29) is 12.2 Å². The summed E-state index contributed by atoms with van der Waals surface area (Å²) in [5.41, 5.74) is 5.14. The first-order chi connectivity index (χ1) is 4.68. The zero-order valence-corrected chi connectivity index (χ0v) is 5.67.